The van der Waals surface area contributed by atoms with Gasteiger partial charge in [0.15, 0.2) is 18.1 Å². The molecule has 0 aromatic heterocycles. The summed E-state index contributed by atoms with van der Waals surface area (Å²) in [6.45, 7) is 5.50. The molecule has 45 heavy (non-hydrogen) atoms. The lowest BCUT2D eigenvalue weighted by Crippen LogP contribution is -2.57. The molecule has 4 aromatic rings. The van der Waals surface area contributed by atoms with Gasteiger partial charge >= 0.3 is 6.03 Å². The van der Waals surface area contributed by atoms with Gasteiger partial charge in [0.1, 0.15) is 5.57 Å². The Morgan fingerprint density at radius 2 is 1.42 bits per heavy atom. The van der Waals surface area contributed by atoms with E-state index in [9.17, 15) is 19.2 Å². The van der Waals surface area contributed by atoms with Crippen LogP contribution in [-0.2, 0) is 14.4 Å². The summed E-state index contributed by atoms with van der Waals surface area (Å²) >= 11 is 6.61. The number of imide groups is 2. The second kappa shape index (κ2) is 13.5. The third-order valence-corrected chi connectivity index (χ3v) is 7.22. The molecule has 228 valence electrons. The lowest BCUT2D eigenvalue weighted by Gasteiger charge is -2.34. The molecule has 1 N–H and O–H groups in total. The molecular weight excluding hydrogens is 594 g/mol. The highest BCUT2D eigenvalue weighted by molar-refractivity contribution is 6.46. The van der Waals surface area contributed by atoms with Crippen LogP contribution in [-0.4, -0.2) is 37.0 Å². The SMILES string of the molecule is CCOc1cc(C=C2C(=O)N(c3ccccc3)C(=O)N(c3ccccc3)C2=O)cc(Cl)c1OCC(=O)Nc1cc(C)ccc1C. The number of nitrogens with one attached hydrogen (secondary N) is 1. The number of anilines is 3. The van der Waals surface area contributed by atoms with Crippen molar-refractivity contribution < 1.29 is 28.7 Å². The highest BCUT2D eigenvalue weighted by Crippen LogP contribution is 2.38. The van der Waals surface area contributed by atoms with Crippen LogP contribution >= 0.6 is 11.6 Å². The maximum Gasteiger partial charge on any atom is 0.343 e. The number of nitrogens with zero attached hydrogens (tertiary/aromatic N) is 2. The Bertz CT molecular complexity index is 1740. The van der Waals surface area contributed by atoms with E-state index in [1.54, 1.807) is 73.7 Å². The summed E-state index contributed by atoms with van der Waals surface area (Å²) in [7, 11) is 0. The number of benzene rings is 4. The number of halogens is 1. The van der Waals surface area contributed by atoms with Crippen LogP contribution in [0.5, 0.6) is 11.5 Å². The zero-order valence-corrected chi connectivity index (χ0v) is 25.6. The zero-order valence-electron chi connectivity index (χ0n) is 24.9. The molecule has 0 saturated carbocycles. The van der Waals surface area contributed by atoms with Crippen LogP contribution in [0.4, 0.5) is 21.9 Å². The first-order chi connectivity index (χ1) is 21.7. The summed E-state index contributed by atoms with van der Waals surface area (Å²) in [5, 5.41) is 2.93. The minimum absolute atomic E-state index is 0.0963. The van der Waals surface area contributed by atoms with Gasteiger partial charge in [-0.1, -0.05) is 60.1 Å². The van der Waals surface area contributed by atoms with E-state index in [-0.39, 0.29) is 35.3 Å². The van der Waals surface area contributed by atoms with Crippen LogP contribution in [0.1, 0.15) is 23.6 Å². The number of hydrogen-bond donors (Lipinski definition) is 1. The van der Waals surface area contributed by atoms with Crippen LogP contribution in [0.2, 0.25) is 5.02 Å². The topological polar surface area (TPSA) is 105 Å². The molecule has 10 heteroatoms. The molecule has 0 radical (unpaired) electrons. The summed E-state index contributed by atoms with van der Waals surface area (Å²) in [6.07, 6.45) is 1.36. The second-order valence-corrected chi connectivity index (χ2v) is 10.6. The van der Waals surface area contributed by atoms with Crippen molar-refractivity contribution in [2.24, 2.45) is 0 Å². The number of carbonyl (C=O) groups is 4. The minimum atomic E-state index is -0.796. The number of para-hydroxylation sites is 2. The Morgan fingerprint density at radius 3 is 2.00 bits per heavy atom. The number of rotatable bonds is 9. The molecule has 0 unspecified atom stereocenters. The van der Waals surface area contributed by atoms with E-state index in [1.165, 1.54) is 12.1 Å². The first kappa shape index (κ1) is 31.0. The molecule has 9 nitrogen and oxygen atoms in total. The summed E-state index contributed by atoms with van der Waals surface area (Å²) in [5.41, 5.74) is 3.29. The lowest BCUT2D eigenvalue weighted by atomic mass is 10.0. The van der Waals surface area contributed by atoms with Crippen molar-refractivity contribution >= 4 is 58.5 Å². The lowest BCUT2D eigenvalue weighted by molar-refractivity contribution is -0.121. The maximum absolute atomic E-state index is 13.7. The van der Waals surface area contributed by atoms with Crippen LogP contribution in [0.3, 0.4) is 0 Å². The van der Waals surface area contributed by atoms with Crippen LogP contribution in [0.15, 0.2) is 96.6 Å². The third kappa shape index (κ3) is 6.73. The molecule has 1 aliphatic rings. The van der Waals surface area contributed by atoms with E-state index in [2.05, 4.69) is 5.32 Å². The van der Waals surface area contributed by atoms with Crippen LogP contribution < -0.4 is 24.6 Å². The molecule has 4 aromatic carbocycles. The van der Waals surface area contributed by atoms with Crippen molar-refractivity contribution in [3.05, 3.63) is 118 Å². The molecule has 5 amide bonds. The fraction of sp³-hybridized carbons (Fsp3) is 0.143. The Labute approximate surface area is 265 Å². The quantitative estimate of drug-likeness (QED) is 0.160. The molecule has 0 aliphatic carbocycles. The Morgan fingerprint density at radius 1 is 0.822 bits per heavy atom. The number of urea groups is 1. The van der Waals surface area contributed by atoms with E-state index in [1.807, 2.05) is 32.0 Å². The van der Waals surface area contributed by atoms with Crippen molar-refractivity contribution in [1.82, 2.24) is 0 Å². The van der Waals surface area contributed by atoms with Gasteiger partial charge in [-0.15, -0.1) is 0 Å². The van der Waals surface area contributed by atoms with Crippen LogP contribution in [0.25, 0.3) is 6.08 Å². The van der Waals surface area contributed by atoms with Gasteiger partial charge in [0.25, 0.3) is 17.7 Å². The molecular formula is C35H30ClN3O6. The smallest absolute Gasteiger partial charge is 0.343 e. The molecule has 1 aliphatic heterocycles. The molecule has 5 rings (SSSR count). The number of barbiturate groups is 1. The zero-order chi connectivity index (χ0) is 32.1. The van der Waals surface area contributed by atoms with E-state index >= 15 is 0 Å². The van der Waals surface area contributed by atoms with Crippen molar-refractivity contribution in [3.8, 4) is 11.5 Å². The molecule has 1 fully saturated rings. The number of carbonyl (C=O) groups excluding carboxylic acids is 4. The number of aryl methyl sites for hydroxylation is 2. The monoisotopic (exact) mass is 623 g/mol. The summed E-state index contributed by atoms with van der Waals surface area (Å²) in [4.78, 5) is 55.6. The molecule has 0 atom stereocenters. The van der Waals surface area contributed by atoms with Crippen molar-refractivity contribution in [2.45, 2.75) is 20.8 Å². The van der Waals surface area contributed by atoms with E-state index in [0.29, 0.717) is 22.6 Å². The molecule has 0 bridgehead atoms. The van der Waals surface area contributed by atoms with Crippen molar-refractivity contribution in [3.63, 3.8) is 0 Å². The maximum atomic E-state index is 13.7. The number of hydrogen-bond acceptors (Lipinski definition) is 6. The van der Waals surface area contributed by atoms with Gasteiger partial charge in [0.2, 0.25) is 0 Å². The highest BCUT2D eigenvalue weighted by atomic mass is 35.5. The second-order valence-electron chi connectivity index (χ2n) is 10.2. The van der Waals surface area contributed by atoms with E-state index < -0.39 is 23.8 Å². The first-order valence-corrected chi connectivity index (χ1v) is 14.6. The number of ether oxygens (including phenoxy) is 2. The van der Waals surface area contributed by atoms with Gasteiger partial charge in [0, 0.05) is 5.69 Å². The van der Waals surface area contributed by atoms with Crippen molar-refractivity contribution in [1.29, 1.82) is 0 Å². The Kier molecular flexibility index (Phi) is 9.30. The van der Waals surface area contributed by atoms with Gasteiger partial charge < -0.3 is 14.8 Å². The summed E-state index contributed by atoms with van der Waals surface area (Å²) in [5.74, 6) is -1.63. The summed E-state index contributed by atoms with van der Waals surface area (Å²) in [6, 6.07) is 24.7. The Balaban J connectivity index is 1.47. The first-order valence-electron chi connectivity index (χ1n) is 14.2. The third-order valence-electron chi connectivity index (χ3n) is 6.94. The van der Waals surface area contributed by atoms with Gasteiger partial charge in [-0.05, 0) is 86.0 Å². The number of amides is 5. The standard InChI is InChI=1S/C35H30ClN3O6/c1-4-44-30-20-24(19-28(36)32(30)45-21-31(40)37-29-17-22(2)15-16-23(29)3)18-27-33(41)38(25-11-7-5-8-12-25)35(43)39(34(27)42)26-13-9-6-10-14-26/h5-20H,4,21H2,1-3H3,(H,37,40). The fourth-order valence-corrected chi connectivity index (χ4v) is 5.05. The van der Waals surface area contributed by atoms with Gasteiger partial charge in [0.05, 0.1) is 23.0 Å². The highest BCUT2D eigenvalue weighted by Gasteiger charge is 2.43. The predicted octanol–water partition coefficient (Wildman–Crippen LogP) is 6.96. The minimum Gasteiger partial charge on any atom is -0.490 e. The Hall–Kier alpha value is -5.41. The fourth-order valence-electron chi connectivity index (χ4n) is 4.77. The molecule has 1 heterocycles. The molecule has 1 saturated heterocycles. The largest absolute Gasteiger partial charge is 0.490 e. The van der Waals surface area contributed by atoms with Crippen molar-refractivity contribution in [2.75, 3.05) is 28.3 Å². The van der Waals surface area contributed by atoms with Crippen LogP contribution in [0, 0.1) is 13.8 Å². The van der Waals surface area contributed by atoms with Gasteiger partial charge in [-0.3, -0.25) is 14.4 Å². The summed E-state index contributed by atoms with van der Waals surface area (Å²) < 4.78 is 11.6. The average molecular weight is 624 g/mol. The van der Waals surface area contributed by atoms with E-state index in [0.717, 1.165) is 20.9 Å². The molecule has 0 spiro atoms. The normalized spacial score (nSPS) is 13.2. The average Bonchev–Trinajstić information content (AvgIpc) is 3.02. The predicted molar refractivity (Wildman–Crippen MR) is 174 cm³/mol. The van der Waals surface area contributed by atoms with Gasteiger partial charge in [-0.2, -0.15) is 0 Å². The van der Waals surface area contributed by atoms with Gasteiger partial charge in [-0.25, -0.2) is 14.6 Å². The van der Waals surface area contributed by atoms with E-state index in [4.69, 9.17) is 21.1 Å².